The van der Waals surface area contributed by atoms with Gasteiger partial charge in [0.25, 0.3) is 0 Å². The topological polar surface area (TPSA) is 48.4 Å². The summed E-state index contributed by atoms with van der Waals surface area (Å²) in [5.41, 5.74) is 1.59. The second-order valence-electron chi connectivity index (χ2n) is 10.2. The van der Waals surface area contributed by atoms with Crippen LogP contribution in [0.1, 0.15) is 113 Å². The standard InChI is InChI=1S/C31H45NO3/c1-3-5-7-9-23-34-29-20-16-27(17-21-29)31(33)35-30-22-19-28(32-24-30)18-15-26-13-11-25(12-14-26)10-8-6-4-2/h16-17,19-22,24-26H,3-15,18,23H2,1-2H3. The first-order chi connectivity index (χ1) is 17.2. The predicted molar refractivity (Wildman–Crippen MR) is 143 cm³/mol. The minimum atomic E-state index is -0.371. The Labute approximate surface area is 212 Å². The van der Waals surface area contributed by atoms with Crippen molar-refractivity contribution in [2.75, 3.05) is 6.61 Å². The van der Waals surface area contributed by atoms with Gasteiger partial charge in [0.15, 0.2) is 0 Å². The quantitative estimate of drug-likeness (QED) is 0.190. The zero-order chi connectivity index (χ0) is 24.7. The third kappa shape index (κ3) is 10.0. The second-order valence-corrected chi connectivity index (χ2v) is 10.2. The third-order valence-electron chi connectivity index (χ3n) is 7.36. The lowest BCUT2D eigenvalue weighted by Crippen LogP contribution is -2.15. The molecule has 0 bridgehead atoms. The van der Waals surface area contributed by atoms with Crippen LogP contribution in [-0.2, 0) is 6.42 Å². The van der Waals surface area contributed by atoms with Crippen molar-refractivity contribution in [2.24, 2.45) is 11.8 Å². The average molecular weight is 480 g/mol. The number of hydrogen-bond donors (Lipinski definition) is 0. The number of carbonyl (C=O) groups is 1. The number of unbranched alkanes of at least 4 members (excludes halogenated alkanes) is 5. The maximum absolute atomic E-state index is 12.5. The number of benzene rings is 1. The van der Waals surface area contributed by atoms with Crippen LogP contribution in [0.4, 0.5) is 0 Å². The van der Waals surface area contributed by atoms with Crippen molar-refractivity contribution in [3.05, 3.63) is 53.9 Å². The summed E-state index contributed by atoms with van der Waals surface area (Å²) in [6.07, 6.45) is 19.7. The fraction of sp³-hybridized carbons (Fsp3) is 0.613. The first-order valence-corrected chi connectivity index (χ1v) is 14.1. The van der Waals surface area contributed by atoms with Crippen LogP contribution < -0.4 is 9.47 Å². The molecule has 0 aliphatic heterocycles. The van der Waals surface area contributed by atoms with Crippen molar-refractivity contribution in [1.82, 2.24) is 4.98 Å². The average Bonchev–Trinajstić information content (AvgIpc) is 2.89. The van der Waals surface area contributed by atoms with Crippen molar-refractivity contribution in [3.8, 4) is 11.5 Å². The van der Waals surface area contributed by atoms with Crippen molar-refractivity contribution >= 4 is 5.97 Å². The normalized spacial score (nSPS) is 17.8. The molecule has 0 spiro atoms. The Morgan fingerprint density at radius 3 is 2.11 bits per heavy atom. The number of pyridine rings is 1. The van der Waals surface area contributed by atoms with Crippen LogP contribution in [0.15, 0.2) is 42.6 Å². The minimum absolute atomic E-state index is 0.371. The molecule has 1 aliphatic rings. The summed E-state index contributed by atoms with van der Waals surface area (Å²) >= 11 is 0. The molecule has 192 valence electrons. The van der Waals surface area contributed by atoms with Gasteiger partial charge in [-0.1, -0.05) is 84.5 Å². The van der Waals surface area contributed by atoms with Crippen molar-refractivity contribution < 1.29 is 14.3 Å². The summed E-state index contributed by atoms with van der Waals surface area (Å²) in [6.45, 7) is 5.19. The molecule has 1 heterocycles. The van der Waals surface area contributed by atoms with Crippen LogP contribution in [-0.4, -0.2) is 17.6 Å². The fourth-order valence-electron chi connectivity index (χ4n) is 5.04. The van der Waals surface area contributed by atoms with Gasteiger partial charge in [-0.3, -0.25) is 4.98 Å². The summed E-state index contributed by atoms with van der Waals surface area (Å²) < 4.78 is 11.3. The van der Waals surface area contributed by atoms with E-state index in [1.54, 1.807) is 18.3 Å². The lowest BCUT2D eigenvalue weighted by atomic mass is 9.78. The van der Waals surface area contributed by atoms with Gasteiger partial charge in [0.1, 0.15) is 11.5 Å². The second kappa shape index (κ2) is 15.6. The molecule has 0 amide bonds. The van der Waals surface area contributed by atoms with E-state index in [4.69, 9.17) is 9.47 Å². The van der Waals surface area contributed by atoms with Gasteiger partial charge in [-0.15, -0.1) is 0 Å². The van der Waals surface area contributed by atoms with Gasteiger partial charge in [-0.25, -0.2) is 4.79 Å². The molecule has 4 nitrogen and oxygen atoms in total. The lowest BCUT2D eigenvalue weighted by molar-refractivity contribution is 0.0734. The van der Waals surface area contributed by atoms with Crippen molar-refractivity contribution in [2.45, 2.75) is 104 Å². The van der Waals surface area contributed by atoms with Crippen molar-refractivity contribution in [3.63, 3.8) is 0 Å². The SMILES string of the molecule is CCCCCCOc1ccc(C(=O)Oc2ccc(CCC3CCC(CCCCC)CC3)nc2)cc1. The van der Waals surface area contributed by atoms with Gasteiger partial charge in [0.2, 0.25) is 0 Å². The Morgan fingerprint density at radius 1 is 0.800 bits per heavy atom. The summed E-state index contributed by atoms with van der Waals surface area (Å²) in [4.78, 5) is 17.0. The zero-order valence-corrected chi connectivity index (χ0v) is 22.0. The number of aromatic nitrogens is 1. The molecule has 3 rings (SSSR count). The van der Waals surface area contributed by atoms with E-state index in [9.17, 15) is 4.79 Å². The molecule has 1 saturated carbocycles. The van der Waals surface area contributed by atoms with E-state index in [1.807, 2.05) is 24.3 Å². The van der Waals surface area contributed by atoms with Gasteiger partial charge in [0, 0.05) is 5.69 Å². The first-order valence-electron chi connectivity index (χ1n) is 14.1. The fourth-order valence-corrected chi connectivity index (χ4v) is 5.04. The molecule has 0 atom stereocenters. The largest absolute Gasteiger partial charge is 0.494 e. The van der Waals surface area contributed by atoms with E-state index in [0.29, 0.717) is 17.9 Å². The number of esters is 1. The van der Waals surface area contributed by atoms with Gasteiger partial charge in [-0.2, -0.15) is 0 Å². The highest BCUT2D eigenvalue weighted by Crippen LogP contribution is 2.34. The van der Waals surface area contributed by atoms with Crippen LogP contribution in [0, 0.1) is 11.8 Å². The number of hydrogen-bond acceptors (Lipinski definition) is 4. The molecule has 2 aromatic rings. The van der Waals surface area contributed by atoms with Gasteiger partial charge >= 0.3 is 5.97 Å². The maximum atomic E-state index is 12.5. The minimum Gasteiger partial charge on any atom is -0.494 e. The molecule has 0 N–H and O–H groups in total. The zero-order valence-electron chi connectivity index (χ0n) is 22.0. The Hall–Kier alpha value is -2.36. The Balaban J connectivity index is 1.36. The highest BCUT2D eigenvalue weighted by molar-refractivity contribution is 5.91. The van der Waals surface area contributed by atoms with Gasteiger partial charge in [-0.05, 0) is 67.5 Å². The maximum Gasteiger partial charge on any atom is 0.343 e. The summed E-state index contributed by atoms with van der Waals surface area (Å²) in [5.74, 6) is 2.70. The smallest absolute Gasteiger partial charge is 0.343 e. The number of aryl methyl sites for hydroxylation is 1. The third-order valence-corrected chi connectivity index (χ3v) is 7.36. The molecule has 1 aromatic heterocycles. The lowest BCUT2D eigenvalue weighted by Gasteiger charge is -2.28. The van der Waals surface area contributed by atoms with Crippen LogP contribution in [0.3, 0.4) is 0 Å². The summed E-state index contributed by atoms with van der Waals surface area (Å²) in [6, 6.07) is 11.0. The molecule has 1 aliphatic carbocycles. The number of ether oxygens (including phenoxy) is 2. The van der Waals surface area contributed by atoms with Crippen LogP contribution >= 0.6 is 0 Å². The summed E-state index contributed by atoms with van der Waals surface area (Å²) in [5, 5.41) is 0. The Morgan fingerprint density at radius 2 is 1.46 bits per heavy atom. The van der Waals surface area contributed by atoms with E-state index >= 15 is 0 Å². The summed E-state index contributed by atoms with van der Waals surface area (Å²) in [7, 11) is 0. The van der Waals surface area contributed by atoms with E-state index in [1.165, 1.54) is 77.0 Å². The van der Waals surface area contributed by atoms with Crippen LogP contribution in [0.5, 0.6) is 11.5 Å². The Kier molecular flexibility index (Phi) is 12.1. The van der Waals surface area contributed by atoms with Gasteiger partial charge < -0.3 is 9.47 Å². The number of carbonyl (C=O) groups excluding carboxylic acids is 1. The number of nitrogens with zero attached hydrogens (tertiary/aromatic N) is 1. The van der Waals surface area contributed by atoms with E-state index < -0.39 is 0 Å². The van der Waals surface area contributed by atoms with Crippen LogP contribution in [0.25, 0.3) is 0 Å². The number of rotatable bonds is 15. The molecule has 35 heavy (non-hydrogen) atoms. The monoisotopic (exact) mass is 479 g/mol. The predicted octanol–water partition coefficient (Wildman–Crippen LogP) is 8.58. The molecule has 0 unspecified atom stereocenters. The van der Waals surface area contributed by atoms with Gasteiger partial charge in [0.05, 0.1) is 18.4 Å². The first kappa shape index (κ1) is 27.2. The van der Waals surface area contributed by atoms with Crippen molar-refractivity contribution in [1.29, 1.82) is 0 Å². The van der Waals surface area contributed by atoms with E-state index in [-0.39, 0.29) is 5.97 Å². The molecule has 4 heteroatoms. The highest BCUT2D eigenvalue weighted by atomic mass is 16.5. The van der Waals surface area contributed by atoms with Crippen LogP contribution in [0.2, 0.25) is 0 Å². The van der Waals surface area contributed by atoms with E-state index in [2.05, 4.69) is 18.8 Å². The molecule has 0 saturated heterocycles. The van der Waals surface area contributed by atoms with E-state index in [0.717, 1.165) is 36.1 Å². The highest BCUT2D eigenvalue weighted by Gasteiger charge is 2.20. The molecule has 1 fully saturated rings. The molecular formula is C31H45NO3. The molecule has 1 aromatic carbocycles. The molecular weight excluding hydrogens is 434 g/mol. The Bertz CT molecular complexity index is 839. The molecule has 0 radical (unpaired) electrons.